The van der Waals surface area contributed by atoms with Crippen LogP contribution in [0.3, 0.4) is 0 Å². The number of carbonyl (C=O) groups excluding carboxylic acids is 3. The first-order valence-electron chi connectivity index (χ1n) is 15.1. The highest BCUT2D eigenvalue weighted by molar-refractivity contribution is 6.34. The number of methoxy groups -OCH3 is 1. The van der Waals surface area contributed by atoms with E-state index in [4.69, 9.17) is 25.8 Å². The number of hydrogen-bond donors (Lipinski definition) is 1. The topological polar surface area (TPSA) is 99.1 Å². The summed E-state index contributed by atoms with van der Waals surface area (Å²) in [6.07, 6.45) is 6.07. The van der Waals surface area contributed by atoms with E-state index in [2.05, 4.69) is 10.2 Å². The first-order chi connectivity index (χ1) is 21.1. The summed E-state index contributed by atoms with van der Waals surface area (Å²) in [7, 11) is 3.25. The third-order valence-corrected chi connectivity index (χ3v) is 9.00. The van der Waals surface area contributed by atoms with Gasteiger partial charge in [0.1, 0.15) is 12.4 Å². The van der Waals surface area contributed by atoms with Crippen molar-refractivity contribution < 1.29 is 33.0 Å². The molecule has 11 heteroatoms. The number of likely N-dealkylation sites (tertiary alicyclic amines) is 1. The van der Waals surface area contributed by atoms with Crippen LogP contribution in [0.4, 0.5) is 10.1 Å². The first kappa shape index (κ1) is 32.1. The maximum atomic E-state index is 15.2. The van der Waals surface area contributed by atoms with Crippen molar-refractivity contribution in [2.24, 2.45) is 13.0 Å². The van der Waals surface area contributed by atoms with E-state index in [1.54, 1.807) is 6.20 Å². The number of ether oxygens (including phenoxy) is 3. The van der Waals surface area contributed by atoms with Crippen LogP contribution in [-0.4, -0.2) is 65.9 Å². The molecule has 44 heavy (non-hydrogen) atoms. The van der Waals surface area contributed by atoms with Gasteiger partial charge in [-0.2, -0.15) is 0 Å². The van der Waals surface area contributed by atoms with Gasteiger partial charge in [0.25, 0.3) is 5.91 Å². The van der Waals surface area contributed by atoms with Crippen LogP contribution in [0.25, 0.3) is 10.9 Å². The molecule has 236 valence electrons. The molecule has 5 rings (SSSR count). The number of carbonyl (C=O) groups is 3. The third-order valence-electron chi connectivity index (χ3n) is 8.69. The number of para-hydroxylation sites is 1. The molecule has 2 fully saturated rings. The fourth-order valence-electron chi connectivity index (χ4n) is 6.22. The lowest BCUT2D eigenvalue weighted by Gasteiger charge is -2.41. The zero-order valence-electron chi connectivity index (χ0n) is 25.4. The second-order valence-corrected chi connectivity index (χ2v) is 12.2. The Morgan fingerprint density at radius 3 is 2.50 bits per heavy atom. The minimum absolute atomic E-state index is 0.108. The summed E-state index contributed by atoms with van der Waals surface area (Å²) in [4.78, 5) is 40.1. The molecule has 2 heterocycles. The van der Waals surface area contributed by atoms with E-state index in [0.717, 1.165) is 42.9 Å². The normalized spacial score (nSPS) is 20.4. The van der Waals surface area contributed by atoms with Gasteiger partial charge in [-0.25, -0.2) is 4.39 Å². The van der Waals surface area contributed by atoms with Crippen molar-refractivity contribution in [1.82, 2.24) is 9.47 Å². The summed E-state index contributed by atoms with van der Waals surface area (Å²) in [5, 5.41) is 3.59. The van der Waals surface area contributed by atoms with Gasteiger partial charge >= 0.3 is 5.97 Å². The summed E-state index contributed by atoms with van der Waals surface area (Å²) >= 11 is 6.44. The highest BCUT2D eigenvalue weighted by atomic mass is 35.5. The predicted octanol–water partition coefficient (Wildman–Crippen LogP) is 5.87. The highest BCUT2D eigenvalue weighted by Gasteiger charge is 2.40. The zero-order chi connectivity index (χ0) is 31.4. The Labute approximate surface area is 261 Å². The number of nitrogens with zero attached hydrogens (tertiary/aromatic N) is 2. The number of fused-ring (bicyclic) bond motifs is 1. The molecular weight excluding hydrogens is 589 g/mol. The largest absolute Gasteiger partial charge is 0.469 e. The summed E-state index contributed by atoms with van der Waals surface area (Å²) < 4.78 is 34.5. The van der Waals surface area contributed by atoms with E-state index in [-0.39, 0.29) is 53.1 Å². The van der Waals surface area contributed by atoms with E-state index in [1.165, 1.54) is 13.2 Å². The molecule has 1 aliphatic carbocycles. The van der Waals surface area contributed by atoms with Gasteiger partial charge in [0.2, 0.25) is 5.91 Å². The Balaban J connectivity index is 1.21. The lowest BCUT2D eigenvalue weighted by atomic mass is 9.87. The van der Waals surface area contributed by atoms with Crippen LogP contribution in [0.15, 0.2) is 42.6 Å². The van der Waals surface area contributed by atoms with Crippen molar-refractivity contribution >= 4 is 45.9 Å². The number of ketones is 1. The van der Waals surface area contributed by atoms with Gasteiger partial charge in [0.15, 0.2) is 5.78 Å². The summed E-state index contributed by atoms with van der Waals surface area (Å²) in [6.45, 7) is 3.10. The number of rotatable bonds is 11. The predicted molar refractivity (Wildman–Crippen MR) is 165 cm³/mol. The van der Waals surface area contributed by atoms with Gasteiger partial charge in [0, 0.05) is 50.6 Å². The van der Waals surface area contributed by atoms with E-state index in [0.29, 0.717) is 31.2 Å². The Morgan fingerprint density at radius 1 is 1.09 bits per heavy atom. The molecule has 1 saturated carbocycles. The molecule has 1 aromatic heterocycles. The molecule has 1 amide bonds. The van der Waals surface area contributed by atoms with Crippen LogP contribution in [-0.2, 0) is 37.3 Å². The second kappa shape index (κ2) is 13.8. The maximum Gasteiger partial charge on any atom is 0.308 e. The van der Waals surface area contributed by atoms with Gasteiger partial charge in [-0.3, -0.25) is 19.3 Å². The zero-order valence-corrected chi connectivity index (χ0v) is 26.1. The van der Waals surface area contributed by atoms with Crippen molar-refractivity contribution in [3.05, 3.63) is 64.6 Å². The summed E-state index contributed by atoms with van der Waals surface area (Å²) in [5.74, 6) is -2.85. The SMILES string of the molecule is COC(=O)C1CCC(OC(C)(OCC(=O)Cc2cc(Cl)c(NC(=O)c3cn(C)c4ccccc34)cc2F)N2CCCC2)CC1. The number of benzene rings is 2. The number of aryl methyl sites for hydroxylation is 1. The van der Waals surface area contributed by atoms with E-state index >= 15 is 4.39 Å². The molecule has 1 N–H and O–H groups in total. The van der Waals surface area contributed by atoms with Gasteiger partial charge in [0.05, 0.1) is 35.4 Å². The fraction of sp³-hybridized carbons (Fsp3) is 0.485. The van der Waals surface area contributed by atoms with Gasteiger partial charge in [-0.1, -0.05) is 29.8 Å². The summed E-state index contributed by atoms with van der Waals surface area (Å²) in [5.41, 5.74) is 1.56. The smallest absolute Gasteiger partial charge is 0.308 e. The molecule has 0 radical (unpaired) electrons. The van der Waals surface area contributed by atoms with E-state index < -0.39 is 17.6 Å². The van der Waals surface area contributed by atoms with Crippen molar-refractivity contribution in [1.29, 1.82) is 0 Å². The Hall–Kier alpha value is -3.31. The van der Waals surface area contributed by atoms with Gasteiger partial charge in [-0.05, 0) is 62.3 Å². The molecular formula is C33H39ClFN3O6. The molecule has 3 aromatic rings. The lowest BCUT2D eigenvalue weighted by molar-refractivity contribution is -0.320. The number of amides is 1. The van der Waals surface area contributed by atoms with Crippen LogP contribution in [0, 0.1) is 11.7 Å². The van der Waals surface area contributed by atoms with E-state index in [1.807, 2.05) is 42.8 Å². The molecule has 9 nitrogen and oxygen atoms in total. The van der Waals surface area contributed by atoms with Crippen molar-refractivity contribution in [3.63, 3.8) is 0 Å². The number of hydrogen-bond acceptors (Lipinski definition) is 7. The van der Waals surface area contributed by atoms with Crippen LogP contribution < -0.4 is 5.32 Å². The van der Waals surface area contributed by atoms with Crippen LogP contribution in [0.2, 0.25) is 5.02 Å². The number of nitrogens with one attached hydrogen (secondary N) is 1. The third kappa shape index (κ3) is 7.15. The standard InChI is InChI=1S/C33H39ClFN3O6/c1-33(38-14-6-7-15-38,44-24-12-10-21(11-13-24)32(41)42-3)43-20-23(39)16-22-17-27(34)29(18-28(22)35)36-31(40)26-19-37(2)30-9-5-4-8-25(26)30/h4-5,8-9,17-19,21,24H,6-7,10-16,20H2,1-3H3,(H,36,40). The fourth-order valence-corrected chi connectivity index (χ4v) is 6.46. The quantitative estimate of drug-likeness (QED) is 0.210. The number of anilines is 1. The van der Waals surface area contributed by atoms with Crippen LogP contribution >= 0.6 is 11.6 Å². The molecule has 1 unspecified atom stereocenters. The van der Waals surface area contributed by atoms with Crippen molar-refractivity contribution in [3.8, 4) is 0 Å². The molecule has 0 spiro atoms. The van der Waals surface area contributed by atoms with E-state index in [9.17, 15) is 14.4 Å². The number of esters is 1. The first-order valence-corrected chi connectivity index (χ1v) is 15.5. The molecule has 2 aromatic carbocycles. The van der Waals surface area contributed by atoms with Gasteiger partial charge < -0.3 is 24.1 Å². The monoisotopic (exact) mass is 627 g/mol. The number of aromatic nitrogens is 1. The molecule has 1 saturated heterocycles. The Bertz CT molecular complexity index is 1530. The second-order valence-electron chi connectivity index (χ2n) is 11.8. The summed E-state index contributed by atoms with van der Waals surface area (Å²) in [6, 6.07) is 9.99. The molecule has 1 atom stereocenters. The van der Waals surface area contributed by atoms with Crippen LogP contribution in [0.5, 0.6) is 0 Å². The minimum Gasteiger partial charge on any atom is -0.469 e. The maximum absolute atomic E-state index is 15.2. The minimum atomic E-state index is -1.12. The molecule has 2 aliphatic rings. The average molecular weight is 628 g/mol. The van der Waals surface area contributed by atoms with Crippen molar-refractivity contribution in [2.45, 2.75) is 63.9 Å². The molecule has 0 bridgehead atoms. The Kier molecular flexibility index (Phi) is 10.0. The van der Waals surface area contributed by atoms with Crippen molar-refractivity contribution in [2.75, 3.05) is 32.1 Å². The number of halogens is 2. The molecule has 1 aliphatic heterocycles. The highest BCUT2D eigenvalue weighted by Crippen LogP contribution is 2.33. The van der Waals surface area contributed by atoms with Crippen LogP contribution in [0.1, 0.15) is 61.4 Å². The van der Waals surface area contributed by atoms with Gasteiger partial charge in [-0.15, -0.1) is 0 Å². The Morgan fingerprint density at radius 2 is 1.80 bits per heavy atom. The number of Topliss-reactive ketones (excluding diaryl/α,β-unsaturated/α-hetero) is 1. The average Bonchev–Trinajstić information content (AvgIpc) is 3.68. The lowest BCUT2D eigenvalue weighted by Crippen LogP contribution is -2.52.